The molecule has 1 fully saturated rings. The van der Waals surface area contributed by atoms with E-state index in [1.165, 1.54) is 13.8 Å². The maximum atomic E-state index is 15.6. The van der Waals surface area contributed by atoms with Crippen LogP contribution in [0.5, 0.6) is 5.75 Å². The molecule has 1 saturated heterocycles. The lowest BCUT2D eigenvalue weighted by Gasteiger charge is -2.43. The van der Waals surface area contributed by atoms with Crippen molar-refractivity contribution in [2.75, 3.05) is 39.5 Å². The lowest BCUT2D eigenvalue weighted by atomic mass is 9.87. The maximum Gasteiger partial charge on any atom is 0.164 e. The Kier molecular flexibility index (Phi) is 6.73. The normalized spacial score (nSPS) is 22.2. The number of halogens is 5. The Morgan fingerprint density at radius 2 is 1.81 bits per heavy atom. The van der Waals surface area contributed by atoms with Crippen LogP contribution in [-0.4, -0.2) is 71.6 Å². The van der Waals surface area contributed by atoms with E-state index in [4.69, 9.17) is 4.74 Å². The average molecular weight is 522 g/mol. The highest BCUT2D eigenvalue weighted by Gasteiger charge is 2.43. The van der Waals surface area contributed by atoms with Crippen molar-refractivity contribution in [3.05, 3.63) is 64.9 Å². The van der Waals surface area contributed by atoms with Gasteiger partial charge in [-0.25, -0.2) is 22.0 Å². The molecule has 3 aromatic rings. The minimum atomic E-state index is -1.81. The summed E-state index contributed by atoms with van der Waals surface area (Å²) < 4.78 is 78.0. The summed E-state index contributed by atoms with van der Waals surface area (Å²) in [5.74, 6) is -1.57. The molecule has 2 aliphatic rings. The number of nitrogens with one attached hydrogen (secondary N) is 1. The Morgan fingerprint density at radius 1 is 1.14 bits per heavy atom. The van der Waals surface area contributed by atoms with Gasteiger partial charge in [-0.1, -0.05) is 18.2 Å². The molecular weight excluding hydrogens is 489 g/mol. The van der Waals surface area contributed by atoms with Crippen molar-refractivity contribution in [1.29, 1.82) is 0 Å². The van der Waals surface area contributed by atoms with Crippen LogP contribution in [0.1, 0.15) is 43.6 Å². The first-order chi connectivity index (χ1) is 17.5. The van der Waals surface area contributed by atoms with E-state index in [9.17, 15) is 13.2 Å². The number of benzene rings is 2. The van der Waals surface area contributed by atoms with Crippen LogP contribution in [-0.2, 0) is 6.42 Å². The van der Waals surface area contributed by atoms with Crippen LogP contribution in [0, 0.1) is 11.6 Å². The highest BCUT2D eigenvalue weighted by atomic mass is 19.2. The average Bonchev–Trinajstić information content (AvgIpc) is 3.16. The number of nitrogens with zero attached hydrogens (tertiary/aromatic N) is 2. The van der Waals surface area contributed by atoms with Gasteiger partial charge in [0.25, 0.3) is 0 Å². The zero-order valence-corrected chi connectivity index (χ0v) is 21.3. The van der Waals surface area contributed by atoms with E-state index in [0.29, 0.717) is 18.7 Å². The van der Waals surface area contributed by atoms with Gasteiger partial charge in [0.15, 0.2) is 5.67 Å². The van der Waals surface area contributed by atoms with E-state index in [0.717, 1.165) is 28.6 Å². The predicted octanol–water partition coefficient (Wildman–Crippen LogP) is 5.90. The first-order valence-electron chi connectivity index (χ1n) is 12.6. The lowest BCUT2D eigenvalue weighted by molar-refractivity contribution is -0.0513. The van der Waals surface area contributed by atoms with E-state index in [-0.39, 0.29) is 43.6 Å². The fraction of sp³-hybridized carbons (Fsp3) is 0.500. The van der Waals surface area contributed by atoms with Crippen LogP contribution in [0.15, 0.2) is 36.4 Å². The molecule has 200 valence electrons. The highest BCUT2D eigenvalue weighted by molar-refractivity contribution is 5.85. The monoisotopic (exact) mass is 521 g/mol. The summed E-state index contributed by atoms with van der Waals surface area (Å²) in [5.41, 5.74) is -1.05. The summed E-state index contributed by atoms with van der Waals surface area (Å²) in [7, 11) is 0. The van der Waals surface area contributed by atoms with E-state index in [1.54, 1.807) is 4.90 Å². The molecule has 2 aliphatic heterocycles. The molecule has 0 bridgehead atoms. The zero-order valence-electron chi connectivity index (χ0n) is 21.3. The molecule has 0 amide bonds. The van der Waals surface area contributed by atoms with Crippen molar-refractivity contribution in [2.45, 2.75) is 50.6 Å². The zero-order chi connectivity index (χ0) is 26.5. The summed E-state index contributed by atoms with van der Waals surface area (Å²) >= 11 is 0. The Hall–Kier alpha value is -2.65. The molecule has 2 atom stereocenters. The number of fused-ring (bicyclic) bond motifs is 3. The molecule has 1 aromatic heterocycles. The maximum absolute atomic E-state index is 15.6. The molecule has 1 unspecified atom stereocenters. The Bertz CT molecular complexity index is 1260. The smallest absolute Gasteiger partial charge is 0.164 e. The molecule has 37 heavy (non-hydrogen) atoms. The minimum absolute atomic E-state index is 0.00442. The Balaban J connectivity index is 1.45. The van der Waals surface area contributed by atoms with Gasteiger partial charge in [-0.15, -0.1) is 0 Å². The van der Waals surface area contributed by atoms with Gasteiger partial charge >= 0.3 is 0 Å². The number of hydrogen-bond acceptors (Lipinski definition) is 3. The molecule has 0 aliphatic carbocycles. The third kappa shape index (κ3) is 5.08. The number of alkyl halides is 3. The van der Waals surface area contributed by atoms with Gasteiger partial charge in [-0.05, 0) is 38.8 Å². The Morgan fingerprint density at radius 3 is 2.46 bits per heavy atom. The number of likely N-dealkylation sites (tertiary alicyclic amines) is 1. The van der Waals surface area contributed by atoms with Gasteiger partial charge in [0.1, 0.15) is 36.3 Å². The van der Waals surface area contributed by atoms with Gasteiger partial charge in [0.2, 0.25) is 0 Å². The molecule has 0 spiro atoms. The summed E-state index contributed by atoms with van der Waals surface area (Å²) in [6, 6.07) is 8.97. The number of aromatic amines is 1. The van der Waals surface area contributed by atoms with Crippen molar-refractivity contribution in [3.63, 3.8) is 0 Å². The van der Waals surface area contributed by atoms with E-state index in [2.05, 4.69) is 4.98 Å². The van der Waals surface area contributed by atoms with Gasteiger partial charge in [-0.2, -0.15) is 0 Å². The van der Waals surface area contributed by atoms with Gasteiger partial charge < -0.3 is 9.72 Å². The molecular formula is C28H32F5N3O. The number of ether oxygens (including phenoxy) is 1. The molecule has 5 rings (SSSR count). The molecule has 0 radical (unpaired) electrons. The molecule has 9 heteroatoms. The fourth-order valence-corrected chi connectivity index (χ4v) is 5.69. The first-order valence-corrected chi connectivity index (χ1v) is 12.6. The summed E-state index contributed by atoms with van der Waals surface area (Å²) in [6.07, 6.45) is 0.620. The second kappa shape index (κ2) is 9.58. The standard InChI is InChI=1S/C28H32F5N3O/c1-17-10-20-19-6-4-5-7-23(19)34-25(20)26(36(17)14-27(2,3)32)24-21(30)11-18(12-22(24)31)37-9-8-35-15-28(33,13-29)16-35/h4-7,11-12,17,26,34H,8-10,13-16H2,1-3H3/t17-,26?/m1/s1. The molecule has 3 heterocycles. The second-order valence-corrected chi connectivity index (χ2v) is 11.1. The van der Waals surface area contributed by atoms with Crippen molar-refractivity contribution in [2.24, 2.45) is 0 Å². The van der Waals surface area contributed by atoms with Gasteiger partial charge in [0, 0.05) is 66.5 Å². The molecule has 1 N–H and O–H groups in total. The number of H-pyrrole nitrogens is 1. The number of hydrogen-bond donors (Lipinski definition) is 1. The molecule has 2 aromatic carbocycles. The quantitative estimate of drug-likeness (QED) is 0.375. The van der Waals surface area contributed by atoms with Crippen LogP contribution in [0.25, 0.3) is 10.9 Å². The van der Waals surface area contributed by atoms with Crippen LogP contribution in [0.4, 0.5) is 22.0 Å². The first kappa shape index (κ1) is 26.0. The summed E-state index contributed by atoms with van der Waals surface area (Å²) in [5, 5.41) is 0.991. The summed E-state index contributed by atoms with van der Waals surface area (Å²) in [6.45, 7) is 4.17. The topological polar surface area (TPSA) is 31.5 Å². The fourth-order valence-electron chi connectivity index (χ4n) is 5.69. The van der Waals surface area contributed by atoms with Gasteiger partial charge in [0.05, 0.1) is 6.04 Å². The molecule has 4 nitrogen and oxygen atoms in total. The van der Waals surface area contributed by atoms with Crippen molar-refractivity contribution < 1.29 is 26.7 Å². The van der Waals surface area contributed by atoms with Crippen LogP contribution >= 0.6 is 0 Å². The van der Waals surface area contributed by atoms with E-state index in [1.807, 2.05) is 36.1 Å². The van der Waals surface area contributed by atoms with E-state index < -0.39 is 35.7 Å². The van der Waals surface area contributed by atoms with Crippen molar-refractivity contribution in [1.82, 2.24) is 14.8 Å². The minimum Gasteiger partial charge on any atom is -0.492 e. The second-order valence-electron chi connectivity index (χ2n) is 11.1. The predicted molar refractivity (Wildman–Crippen MR) is 133 cm³/mol. The molecule has 0 saturated carbocycles. The largest absolute Gasteiger partial charge is 0.492 e. The number of para-hydroxylation sites is 1. The lowest BCUT2D eigenvalue weighted by Crippen LogP contribution is -2.60. The van der Waals surface area contributed by atoms with Crippen LogP contribution < -0.4 is 4.74 Å². The summed E-state index contributed by atoms with van der Waals surface area (Å²) in [4.78, 5) is 6.85. The van der Waals surface area contributed by atoms with Crippen LogP contribution in [0.2, 0.25) is 0 Å². The van der Waals surface area contributed by atoms with Crippen molar-refractivity contribution >= 4 is 10.9 Å². The third-order valence-electron chi connectivity index (χ3n) is 7.33. The van der Waals surface area contributed by atoms with Gasteiger partial charge in [-0.3, -0.25) is 9.80 Å². The number of rotatable bonds is 8. The van der Waals surface area contributed by atoms with Crippen LogP contribution in [0.3, 0.4) is 0 Å². The van der Waals surface area contributed by atoms with Crippen molar-refractivity contribution in [3.8, 4) is 5.75 Å². The third-order valence-corrected chi connectivity index (χ3v) is 7.33. The number of aromatic nitrogens is 1. The SMILES string of the molecule is C[C@@H]1Cc2c([nH]c3ccccc23)C(c2c(F)cc(OCCN3CC(F)(CF)C3)cc2F)N1CC(C)(C)F. The highest BCUT2D eigenvalue weighted by Crippen LogP contribution is 2.43. The van der Waals surface area contributed by atoms with E-state index >= 15 is 8.78 Å². The Labute approximate surface area is 213 Å².